The number of hydrogen-bond donors (Lipinski definition) is 2. The van der Waals surface area contributed by atoms with E-state index in [-0.39, 0.29) is 11.9 Å². The van der Waals surface area contributed by atoms with Crippen molar-refractivity contribution in [1.29, 1.82) is 0 Å². The molecule has 0 bridgehead atoms. The van der Waals surface area contributed by atoms with Crippen molar-refractivity contribution in [2.24, 2.45) is 34.2 Å². The van der Waals surface area contributed by atoms with Gasteiger partial charge < -0.3 is 16.4 Å². The summed E-state index contributed by atoms with van der Waals surface area (Å²) in [5.74, 6) is 2.23. The van der Waals surface area contributed by atoms with Crippen LogP contribution in [0.2, 0.25) is 0 Å². The summed E-state index contributed by atoms with van der Waals surface area (Å²) in [6.07, 6.45) is 11.1. The molecule has 2 aliphatic rings. The summed E-state index contributed by atoms with van der Waals surface area (Å²) in [6.45, 7) is 6.55. The average Bonchev–Trinajstić information content (AvgIpc) is 2.80. The molecule has 2 saturated carbocycles. The first-order chi connectivity index (χ1) is 14.6. The number of rotatable bonds is 7. The molecule has 0 radical (unpaired) electrons. The Bertz CT molecular complexity index is 628. The molecule has 3 rings (SSSR count). The third-order valence-electron chi connectivity index (χ3n) is 6.49. The fourth-order valence-corrected chi connectivity index (χ4v) is 4.83. The van der Waals surface area contributed by atoms with Gasteiger partial charge in [-0.05, 0) is 68.4 Å². The van der Waals surface area contributed by atoms with Crippen LogP contribution in [0.25, 0.3) is 0 Å². The molecule has 4 N–H and O–H groups in total. The molecule has 2 aliphatic carbocycles. The molecular formula is C25H42N4O. The molecule has 1 amide bonds. The molecule has 0 heterocycles. The van der Waals surface area contributed by atoms with Crippen molar-refractivity contribution in [1.82, 2.24) is 4.90 Å². The number of benzene rings is 1. The minimum absolute atomic E-state index is 0.189. The Labute approximate surface area is 183 Å². The highest BCUT2D eigenvalue weighted by atomic mass is 16.2. The molecule has 0 saturated heterocycles. The van der Waals surface area contributed by atoms with Crippen LogP contribution in [0, 0.1) is 17.8 Å². The van der Waals surface area contributed by atoms with Crippen molar-refractivity contribution < 1.29 is 4.79 Å². The molecular weight excluding hydrogens is 372 g/mol. The lowest BCUT2D eigenvalue weighted by atomic mass is 9.81. The van der Waals surface area contributed by atoms with E-state index in [1.807, 2.05) is 44.2 Å². The molecule has 0 aliphatic heterocycles. The van der Waals surface area contributed by atoms with Crippen molar-refractivity contribution >= 4 is 11.9 Å². The van der Waals surface area contributed by atoms with Crippen molar-refractivity contribution in [2.45, 2.75) is 71.6 Å². The van der Waals surface area contributed by atoms with Crippen molar-refractivity contribution in [2.75, 3.05) is 19.6 Å². The van der Waals surface area contributed by atoms with E-state index in [2.05, 4.69) is 9.89 Å². The quantitative estimate of drug-likeness (QED) is 0.496. The number of carbonyl (C=O) groups excluding carboxylic acids is 1. The SMILES string of the molecule is CC.NC(N)=NCC1CCC(CN(CC2CCCCC2)C(=O)c2ccccc2)CC1. The topological polar surface area (TPSA) is 84.7 Å². The third-order valence-corrected chi connectivity index (χ3v) is 6.49. The molecule has 5 nitrogen and oxygen atoms in total. The molecule has 0 atom stereocenters. The fourth-order valence-electron chi connectivity index (χ4n) is 4.83. The van der Waals surface area contributed by atoms with E-state index in [1.165, 1.54) is 32.1 Å². The Hall–Kier alpha value is -2.04. The largest absolute Gasteiger partial charge is 0.370 e. The monoisotopic (exact) mass is 414 g/mol. The second kappa shape index (κ2) is 13.3. The minimum Gasteiger partial charge on any atom is -0.370 e. The van der Waals surface area contributed by atoms with Gasteiger partial charge in [-0.3, -0.25) is 9.79 Å². The maximum Gasteiger partial charge on any atom is 0.253 e. The number of amides is 1. The molecule has 5 heteroatoms. The molecule has 1 aromatic carbocycles. The van der Waals surface area contributed by atoms with E-state index in [9.17, 15) is 4.79 Å². The summed E-state index contributed by atoms with van der Waals surface area (Å²) < 4.78 is 0. The first-order valence-electron chi connectivity index (χ1n) is 12.0. The molecule has 0 aromatic heterocycles. The molecule has 168 valence electrons. The van der Waals surface area contributed by atoms with Gasteiger partial charge in [0, 0.05) is 25.2 Å². The predicted octanol–water partition coefficient (Wildman–Crippen LogP) is 4.82. The van der Waals surface area contributed by atoms with Crippen LogP contribution < -0.4 is 11.5 Å². The van der Waals surface area contributed by atoms with Gasteiger partial charge in [-0.2, -0.15) is 0 Å². The summed E-state index contributed by atoms with van der Waals surface area (Å²) in [7, 11) is 0. The van der Waals surface area contributed by atoms with Gasteiger partial charge in [-0.1, -0.05) is 51.3 Å². The zero-order valence-corrected chi connectivity index (χ0v) is 19.1. The van der Waals surface area contributed by atoms with Crippen LogP contribution >= 0.6 is 0 Å². The highest BCUT2D eigenvalue weighted by Gasteiger charge is 2.27. The normalized spacial score (nSPS) is 21.8. The van der Waals surface area contributed by atoms with Gasteiger partial charge in [0.15, 0.2) is 5.96 Å². The summed E-state index contributed by atoms with van der Waals surface area (Å²) in [6, 6.07) is 9.78. The highest BCUT2D eigenvalue weighted by molar-refractivity contribution is 5.94. The van der Waals surface area contributed by atoms with Gasteiger partial charge in [0.25, 0.3) is 5.91 Å². The molecule has 2 fully saturated rings. The number of carbonyl (C=O) groups is 1. The van der Waals surface area contributed by atoms with Gasteiger partial charge in [-0.15, -0.1) is 0 Å². The Balaban J connectivity index is 0.00000155. The lowest BCUT2D eigenvalue weighted by molar-refractivity contribution is 0.0657. The molecule has 1 aromatic rings. The number of nitrogens with zero attached hydrogens (tertiary/aromatic N) is 2. The number of hydrogen-bond acceptors (Lipinski definition) is 2. The van der Waals surface area contributed by atoms with Gasteiger partial charge in [0.1, 0.15) is 0 Å². The third kappa shape index (κ3) is 8.00. The highest BCUT2D eigenvalue weighted by Crippen LogP contribution is 2.31. The standard InChI is InChI=1S/C23H36N4O.C2H6/c24-23(25)26-15-18-11-13-20(14-12-18)17-27(16-19-7-3-1-4-8-19)22(28)21-9-5-2-6-10-21;1-2/h2,5-6,9-10,18-20H,1,3-4,7-8,11-17H2,(H4,24,25,26);1-2H3. The predicted molar refractivity (Wildman–Crippen MR) is 126 cm³/mol. The summed E-state index contributed by atoms with van der Waals surface area (Å²) in [5, 5.41) is 0. The number of nitrogens with two attached hydrogens (primary N) is 2. The van der Waals surface area contributed by atoms with Crippen LogP contribution in [0.1, 0.15) is 82.0 Å². The molecule has 0 unspecified atom stereocenters. The average molecular weight is 415 g/mol. The lowest BCUT2D eigenvalue weighted by Crippen LogP contribution is -2.40. The Kier molecular flexibility index (Phi) is 10.7. The van der Waals surface area contributed by atoms with Gasteiger partial charge in [-0.25, -0.2) is 0 Å². The first-order valence-corrected chi connectivity index (χ1v) is 12.0. The van der Waals surface area contributed by atoms with Crippen LogP contribution in [0.4, 0.5) is 0 Å². The van der Waals surface area contributed by atoms with Crippen LogP contribution in [0.5, 0.6) is 0 Å². The Morgan fingerprint density at radius 2 is 1.40 bits per heavy atom. The van der Waals surface area contributed by atoms with E-state index in [1.54, 1.807) is 0 Å². The summed E-state index contributed by atoms with van der Waals surface area (Å²) in [5.41, 5.74) is 11.7. The smallest absolute Gasteiger partial charge is 0.253 e. The summed E-state index contributed by atoms with van der Waals surface area (Å²) in [4.78, 5) is 19.6. The maximum absolute atomic E-state index is 13.2. The second-order valence-corrected chi connectivity index (χ2v) is 8.73. The number of aliphatic imine (C=N–C) groups is 1. The van der Waals surface area contributed by atoms with Crippen molar-refractivity contribution in [3.63, 3.8) is 0 Å². The molecule has 30 heavy (non-hydrogen) atoms. The summed E-state index contributed by atoms with van der Waals surface area (Å²) >= 11 is 0. The van der Waals surface area contributed by atoms with E-state index >= 15 is 0 Å². The van der Waals surface area contributed by atoms with Crippen LogP contribution in [-0.2, 0) is 0 Å². The van der Waals surface area contributed by atoms with Gasteiger partial charge in [0.05, 0.1) is 0 Å². The Morgan fingerprint density at radius 3 is 1.97 bits per heavy atom. The first kappa shape index (κ1) is 24.2. The Morgan fingerprint density at radius 1 is 0.867 bits per heavy atom. The second-order valence-electron chi connectivity index (χ2n) is 8.73. The molecule has 0 spiro atoms. The van der Waals surface area contributed by atoms with E-state index in [4.69, 9.17) is 11.5 Å². The number of guanidine groups is 1. The zero-order valence-electron chi connectivity index (χ0n) is 19.1. The fraction of sp³-hybridized carbons (Fsp3) is 0.680. The van der Waals surface area contributed by atoms with E-state index < -0.39 is 0 Å². The zero-order chi connectivity index (χ0) is 21.8. The van der Waals surface area contributed by atoms with Crippen LogP contribution in [0.3, 0.4) is 0 Å². The van der Waals surface area contributed by atoms with Crippen LogP contribution in [0.15, 0.2) is 35.3 Å². The lowest BCUT2D eigenvalue weighted by Gasteiger charge is -2.35. The maximum atomic E-state index is 13.2. The van der Waals surface area contributed by atoms with Crippen molar-refractivity contribution in [3.8, 4) is 0 Å². The minimum atomic E-state index is 0.189. The van der Waals surface area contributed by atoms with E-state index in [0.717, 1.165) is 50.9 Å². The van der Waals surface area contributed by atoms with Gasteiger partial charge >= 0.3 is 0 Å². The van der Waals surface area contributed by atoms with Crippen molar-refractivity contribution in [3.05, 3.63) is 35.9 Å². The van der Waals surface area contributed by atoms with Gasteiger partial charge in [0.2, 0.25) is 0 Å². The van der Waals surface area contributed by atoms with Crippen LogP contribution in [-0.4, -0.2) is 36.4 Å². The van der Waals surface area contributed by atoms with E-state index in [0.29, 0.717) is 17.8 Å².